The Balaban J connectivity index is 1.63. The van der Waals surface area contributed by atoms with Gasteiger partial charge in [0.1, 0.15) is 11.4 Å². The molecule has 0 aliphatic carbocycles. The molecule has 0 N–H and O–H groups in total. The van der Waals surface area contributed by atoms with Crippen LogP contribution in [-0.4, -0.2) is 40.6 Å². The molecule has 7 nitrogen and oxygen atoms in total. The molecule has 9 heteroatoms. The van der Waals surface area contributed by atoms with Gasteiger partial charge in [0.05, 0.1) is 23.5 Å². The van der Waals surface area contributed by atoms with Crippen LogP contribution >= 0.6 is 11.3 Å². The molecule has 0 spiro atoms. The first-order valence-corrected chi connectivity index (χ1v) is 11.2. The van der Waals surface area contributed by atoms with Crippen LogP contribution in [0.25, 0.3) is 10.2 Å². The van der Waals surface area contributed by atoms with Crippen LogP contribution in [-0.2, 0) is 27.7 Å². The Labute approximate surface area is 165 Å². The Morgan fingerprint density at radius 3 is 2.75 bits per heavy atom. The van der Waals surface area contributed by atoms with Crippen LogP contribution in [0, 0.1) is 0 Å². The molecular weight excluding hydrogens is 398 g/mol. The number of hydrogen-bond donors (Lipinski definition) is 0. The average Bonchev–Trinajstić information content (AvgIpc) is 3.29. The summed E-state index contributed by atoms with van der Waals surface area (Å²) < 4.78 is 25.0. The summed E-state index contributed by atoms with van der Waals surface area (Å²) in [5.74, 6) is -0.489. The highest BCUT2D eigenvalue weighted by Gasteiger charge is 2.30. The number of aromatic nitrogens is 2. The molecule has 1 aliphatic heterocycles. The zero-order valence-electron chi connectivity index (χ0n) is 14.8. The Bertz CT molecular complexity index is 1210. The predicted molar refractivity (Wildman–Crippen MR) is 108 cm³/mol. The smallest absolute Gasteiger partial charge is 0.262 e. The van der Waals surface area contributed by atoms with E-state index in [9.17, 15) is 18.0 Å². The van der Waals surface area contributed by atoms with Gasteiger partial charge in [-0.2, -0.15) is 0 Å². The Morgan fingerprint density at radius 1 is 1.25 bits per heavy atom. The molecule has 1 atom stereocenters. The number of benzene rings is 1. The summed E-state index contributed by atoms with van der Waals surface area (Å²) in [6, 6.07) is 10.5. The van der Waals surface area contributed by atoms with Gasteiger partial charge in [-0.3, -0.25) is 14.2 Å². The van der Waals surface area contributed by atoms with Gasteiger partial charge in [0, 0.05) is 12.0 Å². The number of fused-ring (bicyclic) bond motifs is 1. The largest absolute Gasteiger partial charge is 0.329 e. The second kappa shape index (κ2) is 7.33. The van der Waals surface area contributed by atoms with Crippen LogP contribution in [0.2, 0.25) is 0 Å². The van der Waals surface area contributed by atoms with Crippen molar-refractivity contribution < 1.29 is 13.2 Å². The number of carbonyl (C=O) groups is 1. The van der Waals surface area contributed by atoms with Gasteiger partial charge < -0.3 is 4.90 Å². The minimum Gasteiger partial charge on any atom is -0.329 e. The van der Waals surface area contributed by atoms with E-state index >= 15 is 0 Å². The summed E-state index contributed by atoms with van der Waals surface area (Å²) >= 11 is 1.36. The number of carbonyl (C=O) groups excluding carboxylic acids is 1. The minimum absolute atomic E-state index is 0.151. The van der Waals surface area contributed by atoms with Crippen molar-refractivity contribution in [3.8, 4) is 0 Å². The normalized spacial score (nSPS) is 17.8. The summed E-state index contributed by atoms with van der Waals surface area (Å²) in [7, 11) is -3.32. The molecule has 4 rings (SSSR count). The van der Waals surface area contributed by atoms with Crippen LogP contribution in [0.4, 0.5) is 0 Å². The van der Waals surface area contributed by atoms with Crippen molar-refractivity contribution >= 4 is 37.3 Å². The quantitative estimate of drug-likeness (QED) is 0.634. The monoisotopic (exact) mass is 415 g/mol. The van der Waals surface area contributed by atoms with Crippen molar-refractivity contribution in [2.45, 2.75) is 19.1 Å². The molecule has 0 saturated carbocycles. The van der Waals surface area contributed by atoms with Gasteiger partial charge in [0.25, 0.3) is 5.56 Å². The summed E-state index contributed by atoms with van der Waals surface area (Å²) in [6.07, 6.45) is 2.89. The predicted octanol–water partition coefficient (Wildman–Crippen LogP) is 1.80. The lowest BCUT2D eigenvalue weighted by molar-refractivity contribution is -0.133. The van der Waals surface area contributed by atoms with E-state index in [1.165, 1.54) is 33.2 Å². The highest BCUT2D eigenvalue weighted by molar-refractivity contribution is 7.94. The van der Waals surface area contributed by atoms with E-state index in [4.69, 9.17) is 0 Å². The second-order valence-electron chi connectivity index (χ2n) is 6.55. The van der Waals surface area contributed by atoms with E-state index in [-0.39, 0.29) is 30.3 Å². The topological polar surface area (TPSA) is 89.3 Å². The SMILES string of the molecule is O=C(Cn1cnc2sccc2c1=O)N(Cc1ccccc1)[C@@H]1C=CS(=O)(=O)C1. The molecule has 0 bridgehead atoms. The molecule has 2 aromatic heterocycles. The molecule has 0 fully saturated rings. The first kappa shape index (κ1) is 18.6. The third kappa shape index (κ3) is 3.76. The molecular formula is C19H17N3O4S2. The van der Waals surface area contributed by atoms with Crippen molar-refractivity contribution in [2.75, 3.05) is 5.75 Å². The Kier molecular flexibility index (Phi) is 4.86. The number of nitrogens with zero attached hydrogens (tertiary/aromatic N) is 3. The Hall–Kier alpha value is -2.78. The van der Waals surface area contributed by atoms with Gasteiger partial charge in [0.2, 0.25) is 5.91 Å². The van der Waals surface area contributed by atoms with Gasteiger partial charge in [-0.1, -0.05) is 30.3 Å². The van der Waals surface area contributed by atoms with Gasteiger partial charge >= 0.3 is 0 Å². The summed E-state index contributed by atoms with van der Waals surface area (Å²) in [4.78, 5) is 32.0. The molecule has 3 heterocycles. The fraction of sp³-hybridized carbons (Fsp3) is 0.211. The van der Waals surface area contributed by atoms with E-state index in [0.717, 1.165) is 11.0 Å². The van der Waals surface area contributed by atoms with Gasteiger partial charge in [-0.05, 0) is 23.1 Å². The van der Waals surface area contributed by atoms with Crippen molar-refractivity contribution in [3.05, 3.63) is 75.5 Å². The van der Waals surface area contributed by atoms with Crippen molar-refractivity contribution in [3.63, 3.8) is 0 Å². The molecule has 3 aromatic rings. The third-order valence-electron chi connectivity index (χ3n) is 4.58. The first-order chi connectivity index (χ1) is 13.4. The van der Waals surface area contributed by atoms with Gasteiger partial charge in [0.15, 0.2) is 9.84 Å². The highest BCUT2D eigenvalue weighted by Crippen LogP contribution is 2.19. The van der Waals surface area contributed by atoms with Crippen LogP contribution in [0.5, 0.6) is 0 Å². The van der Waals surface area contributed by atoms with E-state index in [2.05, 4.69) is 4.98 Å². The fourth-order valence-electron chi connectivity index (χ4n) is 3.17. The van der Waals surface area contributed by atoms with Crippen molar-refractivity contribution in [2.24, 2.45) is 0 Å². The van der Waals surface area contributed by atoms with Crippen LogP contribution in [0.1, 0.15) is 5.56 Å². The maximum Gasteiger partial charge on any atom is 0.262 e. The van der Waals surface area contributed by atoms with E-state index in [1.807, 2.05) is 30.3 Å². The average molecular weight is 415 g/mol. The molecule has 144 valence electrons. The standard InChI is InChI=1S/C19H17N3O4S2/c23-17(11-21-13-20-18-16(19(21)24)6-8-27-18)22(10-14-4-2-1-3-5-14)15-7-9-28(25,26)12-15/h1-9,13,15H,10-12H2/t15-/m1/s1. The third-order valence-corrected chi connectivity index (χ3v) is 6.78. The molecule has 1 aromatic carbocycles. The van der Waals surface area contributed by atoms with E-state index < -0.39 is 15.9 Å². The van der Waals surface area contributed by atoms with Crippen molar-refractivity contribution in [1.29, 1.82) is 0 Å². The number of thiophene rings is 1. The fourth-order valence-corrected chi connectivity index (χ4v) is 5.19. The highest BCUT2D eigenvalue weighted by atomic mass is 32.2. The van der Waals surface area contributed by atoms with Crippen LogP contribution < -0.4 is 5.56 Å². The zero-order valence-corrected chi connectivity index (χ0v) is 16.4. The lowest BCUT2D eigenvalue weighted by Crippen LogP contribution is -2.43. The maximum atomic E-state index is 13.1. The summed E-state index contributed by atoms with van der Waals surface area (Å²) in [6.45, 7) is 0.0575. The van der Waals surface area contributed by atoms with Gasteiger partial charge in [-0.25, -0.2) is 13.4 Å². The van der Waals surface area contributed by atoms with Crippen LogP contribution in [0.3, 0.4) is 0 Å². The molecule has 0 saturated heterocycles. The molecule has 1 aliphatic rings. The van der Waals surface area contributed by atoms with E-state index in [1.54, 1.807) is 11.4 Å². The summed E-state index contributed by atoms with van der Waals surface area (Å²) in [5.41, 5.74) is 0.598. The minimum atomic E-state index is -3.32. The van der Waals surface area contributed by atoms with Crippen molar-refractivity contribution in [1.82, 2.24) is 14.5 Å². The van der Waals surface area contributed by atoms with Gasteiger partial charge in [-0.15, -0.1) is 11.3 Å². The number of rotatable bonds is 5. The second-order valence-corrected chi connectivity index (χ2v) is 9.38. The number of hydrogen-bond acceptors (Lipinski definition) is 6. The molecule has 28 heavy (non-hydrogen) atoms. The van der Waals surface area contributed by atoms with E-state index in [0.29, 0.717) is 10.2 Å². The maximum absolute atomic E-state index is 13.1. The first-order valence-electron chi connectivity index (χ1n) is 8.60. The lowest BCUT2D eigenvalue weighted by atomic mass is 10.1. The summed E-state index contributed by atoms with van der Waals surface area (Å²) in [5, 5.41) is 3.40. The lowest BCUT2D eigenvalue weighted by Gasteiger charge is -2.28. The molecule has 0 radical (unpaired) electrons. The number of sulfone groups is 1. The molecule has 1 amide bonds. The zero-order chi connectivity index (χ0) is 19.7. The number of amides is 1. The Morgan fingerprint density at radius 2 is 2.04 bits per heavy atom. The van der Waals surface area contributed by atoms with Crippen LogP contribution in [0.15, 0.2) is 64.4 Å². The molecule has 0 unspecified atom stereocenters.